The van der Waals surface area contributed by atoms with Gasteiger partial charge in [0.15, 0.2) is 0 Å². The molecule has 1 heterocycles. The van der Waals surface area contributed by atoms with E-state index in [1.54, 1.807) is 30.5 Å². The minimum absolute atomic E-state index is 0.114. The van der Waals surface area contributed by atoms with E-state index in [1.165, 1.54) is 0 Å². The van der Waals surface area contributed by atoms with Crippen molar-refractivity contribution < 1.29 is 43.8 Å². The van der Waals surface area contributed by atoms with E-state index in [0.717, 1.165) is 10.9 Å². The van der Waals surface area contributed by atoms with Gasteiger partial charge in [0.05, 0.1) is 12.5 Å². The second-order valence-electron chi connectivity index (χ2n) is 9.30. The Morgan fingerprint density at radius 1 is 0.780 bits per heavy atom. The van der Waals surface area contributed by atoms with Crippen LogP contribution in [0.5, 0.6) is 0 Å². The second-order valence-corrected chi connectivity index (χ2v) is 9.30. The fraction of sp³-hybridized carbons (Fsp3) is 0.400. The molecule has 5 amide bonds. The second kappa shape index (κ2) is 15.0. The van der Waals surface area contributed by atoms with Gasteiger partial charge in [-0.1, -0.05) is 18.2 Å². The van der Waals surface area contributed by atoms with Crippen LogP contribution in [0, 0.1) is 0 Å². The summed E-state index contributed by atoms with van der Waals surface area (Å²) in [7, 11) is 0. The zero-order valence-electron chi connectivity index (χ0n) is 21.9. The zero-order chi connectivity index (χ0) is 30.7. The van der Waals surface area contributed by atoms with Gasteiger partial charge < -0.3 is 48.3 Å². The zero-order valence-corrected chi connectivity index (χ0v) is 21.9. The third kappa shape index (κ3) is 10.2. The van der Waals surface area contributed by atoms with E-state index < -0.39 is 84.9 Å². The molecule has 222 valence electrons. The minimum Gasteiger partial charge on any atom is -0.481 e. The molecule has 0 aliphatic rings. The number of H-pyrrole nitrogens is 1. The van der Waals surface area contributed by atoms with E-state index in [2.05, 4.69) is 20.9 Å². The fourth-order valence-electron chi connectivity index (χ4n) is 3.95. The van der Waals surface area contributed by atoms with Gasteiger partial charge in [0.1, 0.15) is 18.1 Å². The predicted octanol–water partition coefficient (Wildman–Crippen LogP) is -2.42. The van der Waals surface area contributed by atoms with Crippen molar-refractivity contribution in [2.75, 3.05) is 0 Å². The van der Waals surface area contributed by atoms with Gasteiger partial charge in [-0.15, -0.1) is 0 Å². The number of benzene rings is 1. The fourth-order valence-corrected chi connectivity index (χ4v) is 3.95. The Hall–Kier alpha value is -4.99. The molecule has 4 unspecified atom stereocenters. The number of amides is 5. The number of carbonyl (C=O) groups excluding carboxylic acids is 5. The van der Waals surface area contributed by atoms with Crippen LogP contribution in [0.3, 0.4) is 0 Å². The molecule has 0 spiro atoms. The summed E-state index contributed by atoms with van der Waals surface area (Å²) in [4.78, 5) is 87.1. The van der Waals surface area contributed by atoms with Crippen molar-refractivity contribution in [2.24, 2.45) is 17.2 Å². The number of aromatic nitrogens is 1. The lowest BCUT2D eigenvalue weighted by Crippen LogP contribution is -2.57. The molecule has 1 aromatic carbocycles. The molecule has 2 aromatic rings. The highest BCUT2D eigenvalue weighted by Crippen LogP contribution is 2.19. The molecule has 0 fully saturated rings. The molecule has 12 N–H and O–H groups in total. The number of nitrogens with two attached hydrogens (primary N) is 3. The van der Waals surface area contributed by atoms with Crippen molar-refractivity contribution in [3.8, 4) is 0 Å². The van der Waals surface area contributed by atoms with Crippen molar-refractivity contribution >= 4 is 52.4 Å². The van der Waals surface area contributed by atoms with Crippen molar-refractivity contribution in [1.29, 1.82) is 0 Å². The average molecular weight is 576 g/mol. The van der Waals surface area contributed by atoms with Gasteiger partial charge in [-0.25, -0.2) is 4.79 Å². The first-order valence-corrected chi connectivity index (χ1v) is 12.5. The molecule has 41 heavy (non-hydrogen) atoms. The maximum atomic E-state index is 13.1. The summed E-state index contributed by atoms with van der Waals surface area (Å²) in [6, 6.07) is 1.28. The van der Waals surface area contributed by atoms with Crippen LogP contribution >= 0.6 is 0 Å². The molecule has 1 aromatic heterocycles. The standard InChI is InChI=1S/C25H33N7O9/c26-14(10-20(28)34)22(37)30-17(6-8-21(35)36)23(38)31-16(5-7-19(27)33)24(39)32-18(25(40)41)9-12-11-29-15-4-2-1-3-13(12)15/h1-4,11,14,16-18,29H,5-10,26H2,(H2,27,33)(H2,28,34)(H,30,37)(H,31,38)(H,32,39)(H,35,36)(H,40,41). The lowest BCUT2D eigenvalue weighted by atomic mass is 10.0. The molecule has 0 aliphatic carbocycles. The highest BCUT2D eigenvalue weighted by atomic mass is 16.4. The molecule has 4 atom stereocenters. The molecule has 0 saturated heterocycles. The van der Waals surface area contributed by atoms with Crippen molar-refractivity contribution in [3.63, 3.8) is 0 Å². The number of primary amides is 2. The number of carbonyl (C=O) groups is 7. The number of rotatable bonds is 17. The van der Waals surface area contributed by atoms with Crippen LogP contribution in [-0.4, -0.2) is 80.8 Å². The lowest BCUT2D eigenvalue weighted by molar-refractivity contribution is -0.142. The van der Waals surface area contributed by atoms with Crippen LogP contribution in [0.25, 0.3) is 10.9 Å². The summed E-state index contributed by atoms with van der Waals surface area (Å²) in [6.45, 7) is 0. The Morgan fingerprint density at radius 2 is 1.34 bits per heavy atom. The van der Waals surface area contributed by atoms with E-state index in [1.807, 2.05) is 0 Å². The Bertz CT molecular complexity index is 1310. The summed E-state index contributed by atoms with van der Waals surface area (Å²) in [6.07, 6.45) is -0.725. The molecular weight excluding hydrogens is 542 g/mol. The Kier molecular flexibility index (Phi) is 11.8. The van der Waals surface area contributed by atoms with Crippen molar-refractivity contribution in [1.82, 2.24) is 20.9 Å². The maximum absolute atomic E-state index is 13.1. The van der Waals surface area contributed by atoms with Gasteiger partial charge in [0, 0.05) is 36.4 Å². The summed E-state index contributed by atoms with van der Waals surface area (Å²) in [5.74, 6) is -7.29. The van der Waals surface area contributed by atoms with Crippen LogP contribution in [0.4, 0.5) is 0 Å². The van der Waals surface area contributed by atoms with Gasteiger partial charge in [-0.3, -0.25) is 28.8 Å². The number of aliphatic carboxylic acids is 2. The number of carboxylic acids is 2. The normalized spacial score (nSPS) is 13.8. The molecule has 0 bridgehead atoms. The number of hydrogen-bond donors (Lipinski definition) is 9. The Balaban J connectivity index is 2.22. The molecule has 16 nitrogen and oxygen atoms in total. The van der Waals surface area contributed by atoms with E-state index in [0.29, 0.717) is 5.56 Å². The van der Waals surface area contributed by atoms with E-state index in [-0.39, 0.29) is 19.3 Å². The van der Waals surface area contributed by atoms with E-state index in [4.69, 9.17) is 22.3 Å². The summed E-state index contributed by atoms with van der Waals surface area (Å²) in [5, 5.41) is 26.4. The Labute approximate surface area is 233 Å². The maximum Gasteiger partial charge on any atom is 0.326 e. The first kappa shape index (κ1) is 32.2. The van der Waals surface area contributed by atoms with Gasteiger partial charge in [-0.2, -0.15) is 0 Å². The van der Waals surface area contributed by atoms with Crippen LogP contribution in [0.1, 0.15) is 37.7 Å². The van der Waals surface area contributed by atoms with E-state index >= 15 is 0 Å². The third-order valence-corrected chi connectivity index (χ3v) is 6.06. The number of aromatic amines is 1. The molecule has 2 rings (SSSR count). The molecule has 0 saturated carbocycles. The average Bonchev–Trinajstić information content (AvgIpc) is 3.30. The predicted molar refractivity (Wildman–Crippen MR) is 143 cm³/mol. The SMILES string of the molecule is NC(=O)CCC(NC(=O)C(CCC(=O)O)NC(=O)C(N)CC(N)=O)C(=O)NC(Cc1c[nH]c2ccccc12)C(=O)O. The number of para-hydroxylation sites is 1. The van der Waals surface area contributed by atoms with Crippen molar-refractivity contribution in [2.45, 2.75) is 62.7 Å². The van der Waals surface area contributed by atoms with Crippen LogP contribution in [0.2, 0.25) is 0 Å². The smallest absolute Gasteiger partial charge is 0.326 e. The molecule has 0 radical (unpaired) electrons. The van der Waals surface area contributed by atoms with Gasteiger partial charge in [0.25, 0.3) is 0 Å². The number of nitrogens with one attached hydrogen (secondary N) is 4. The van der Waals surface area contributed by atoms with Crippen LogP contribution in [-0.2, 0) is 40.0 Å². The molecular formula is C25H33N7O9. The monoisotopic (exact) mass is 575 g/mol. The first-order valence-electron chi connectivity index (χ1n) is 12.5. The highest BCUT2D eigenvalue weighted by molar-refractivity contribution is 5.95. The van der Waals surface area contributed by atoms with Gasteiger partial charge >= 0.3 is 11.9 Å². The molecule has 16 heteroatoms. The Morgan fingerprint density at radius 3 is 1.90 bits per heavy atom. The topological polar surface area (TPSA) is 290 Å². The quantitative estimate of drug-likeness (QED) is 0.0961. The first-order chi connectivity index (χ1) is 19.3. The van der Waals surface area contributed by atoms with Crippen LogP contribution in [0.15, 0.2) is 30.5 Å². The number of carboxylic acid groups (broad SMARTS) is 2. The van der Waals surface area contributed by atoms with Gasteiger partial charge in [0.2, 0.25) is 29.5 Å². The van der Waals surface area contributed by atoms with Crippen molar-refractivity contribution in [3.05, 3.63) is 36.0 Å². The van der Waals surface area contributed by atoms with Gasteiger partial charge in [-0.05, 0) is 24.5 Å². The van der Waals surface area contributed by atoms with Crippen LogP contribution < -0.4 is 33.2 Å². The summed E-state index contributed by atoms with van der Waals surface area (Å²) in [5.41, 5.74) is 17.2. The summed E-state index contributed by atoms with van der Waals surface area (Å²) < 4.78 is 0. The number of hydrogen-bond acceptors (Lipinski definition) is 8. The molecule has 0 aliphatic heterocycles. The lowest BCUT2D eigenvalue weighted by Gasteiger charge is -2.25. The van der Waals surface area contributed by atoms with E-state index in [9.17, 15) is 38.7 Å². The largest absolute Gasteiger partial charge is 0.481 e. The highest BCUT2D eigenvalue weighted by Gasteiger charge is 2.31. The minimum atomic E-state index is -1.51. The summed E-state index contributed by atoms with van der Waals surface area (Å²) >= 11 is 0. The third-order valence-electron chi connectivity index (χ3n) is 6.06. The number of fused-ring (bicyclic) bond motifs is 1.